The van der Waals surface area contributed by atoms with Crippen LogP contribution < -0.4 is 0 Å². The first-order valence-electron chi connectivity index (χ1n) is 7.18. The van der Waals surface area contributed by atoms with Crippen molar-refractivity contribution >= 4 is 28.3 Å². The Balaban J connectivity index is 1.50. The quantitative estimate of drug-likeness (QED) is 0.573. The second-order valence-electron chi connectivity index (χ2n) is 5.09. The summed E-state index contributed by atoms with van der Waals surface area (Å²) in [6.45, 7) is 1.83. The van der Waals surface area contributed by atoms with E-state index in [-0.39, 0.29) is 6.61 Å². The topological polar surface area (TPSA) is 93.9 Å². The van der Waals surface area contributed by atoms with Crippen molar-refractivity contribution in [3.8, 4) is 10.8 Å². The van der Waals surface area contributed by atoms with Gasteiger partial charge in [0.05, 0.1) is 5.69 Å². The molecule has 0 aliphatic heterocycles. The van der Waals surface area contributed by atoms with Crippen LogP contribution >= 0.6 is 11.3 Å². The minimum Gasteiger partial charge on any atom is -0.457 e. The van der Waals surface area contributed by atoms with Gasteiger partial charge in [0.1, 0.15) is 29.2 Å². The number of ether oxygens (including phenoxy) is 1. The van der Waals surface area contributed by atoms with Gasteiger partial charge in [-0.25, -0.2) is 14.8 Å². The van der Waals surface area contributed by atoms with Gasteiger partial charge < -0.3 is 9.15 Å². The van der Waals surface area contributed by atoms with Gasteiger partial charge in [-0.2, -0.15) is 5.10 Å². The number of benzene rings is 1. The zero-order valence-electron chi connectivity index (χ0n) is 12.6. The molecular weight excluding hydrogens is 328 g/mol. The van der Waals surface area contributed by atoms with E-state index >= 15 is 0 Å². The van der Waals surface area contributed by atoms with E-state index in [1.165, 1.54) is 17.7 Å². The smallest absolute Gasteiger partial charge is 0.350 e. The second kappa shape index (κ2) is 5.89. The van der Waals surface area contributed by atoms with Crippen molar-refractivity contribution in [2.45, 2.75) is 13.5 Å². The molecule has 0 amide bonds. The summed E-state index contributed by atoms with van der Waals surface area (Å²) < 4.78 is 11.0. The Morgan fingerprint density at radius 3 is 3.04 bits per heavy atom. The largest absolute Gasteiger partial charge is 0.457 e. The van der Waals surface area contributed by atoms with Crippen molar-refractivity contribution in [2.75, 3.05) is 0 Å². The third-order valence-corrected chi connectivity index (χ3v) is 4.57. The third kappa shape index (κ3) is 2.67. The normalized spacial score (nSPS) is 11.0. The van der Waals surface area contributed by atoms with Crippen LogP contribution in [0.4, 0.5) is 0 Å². The van der Waals surface area contributed by atoms with E-state index in [1.807, 2.05) is 30.3 Å². The second-order valence-corrected chi connectivity index (χ2v) is 6.09. The average molecular weight is 340 g/mol. The number of aryl methyl sites for hydroxylation is 1. The number of aromatic amines is 1. The molecule has 8 heteroatoms. The maximum Gasteiger partial charge on any atom is 0.350 e. The van der Waals surface area contributed by atoms with Crippen LogP contribution in [0.2, 0.25) is 0 Å². The Hall–Kier alpha value is -3.00. The number of fused-ring (bicyclic) bond motifs is 1. The number of aromatic nitrogens is 4. The fraction of sp³-hybridized carbons (Fsp3) is 0.125. The van der Waals surface area contributed by atoms with E-state index in [0.717, 1.165) is 11.0 Å². The molecular formula is C16H12N4O3S. The van der Waals surface area contributed by atoms with Gasteiger partial charge in [-0.05, 0) is 19.1 Å². The van der Waals surface area contributed by atoms with Gasteiger partial charge in [0.25, 0.3) is 0 Å². The van der Waals surface area contributed by atoms with Crippen LogP contribution in [-0.4, -0.2) is 26.1 Å². The lowest BCUT2D eigenvalue weighted by Gasteiger charge is -2.00. The van der Waals surface area contributed by atoms with Gasteiger partial charge in [0.2, 0.25) is 0 Å². The molecule has 120 valence electrons. The molecule has 0 atom stereocenters. The Morgan fingerprint density at radius 2 is 2.25 bits per heavy atom. The molecule has 1 N–H and O–H groups in total. The fourth-order valence-corrected chi connectivity index (χ4v) is 3.21. The first kappa shape index (κ1) is 14.6. The summed E-state index contributed by atoms with van der Waals surface area (Å²) >= 11 is 1.22. The molecule has 0 fully saturated rings. The first-order valence-corrected chi connectivity index (χ1v) is 8.00. The predicted molar refractivity (Wildman–Crippen MR) is 87.6 cm³/mol. The predicted octanol–water partition coefficient (Wildman–Crippen LogP) is 3.34. The number of furan rings is 1. The standard InChI is InChI=1S/C16H12N4O3S/c1-9-13(24-15(19-9)14-17-8-18-20-14)16(21)22-7-11-6-10-4-2-3-5-12(10)23-11/h2-6,8H,7H2,1H3,(H,17,18,20). The number of nitrogens with zero attached hydrogens (tertiary/aromatic N) is 3. The van der Waals surface area contributed by atoms with Gasteiger partial charge in [0.15, 0.2) is 10.8 Å². The summed E-state index contributed by atoms with van der Waals surface area (Å²) in [5.74, 6) is 0.692. The van der Waals surface area contributed by atoms with Crippen LogP contribution in [0.25, 0.3) is 21.8 Å². The van der Waals surface area contributed by atoms with Crippen LogP contribution in [0.1, 0.15) is 21.1 Å². The van der Waals surface area contributed by atoms with Crippen molar-refractivity contribution in [2.24, 2.45) is 0 Å². The lowest BCUT2D eigenvalue weighted by Crippen LogP contribution is -2.04. The molecule has 0 saturated heterocycles. The fourth-order valence-electron chi connectivity index (χ4n) is 2.31. The highest BCUT2D eigenvalue weighted by molar-refractivity contribution is 7.16. The van der Waals surface area contributed by atoms with E-state index in [1.54, 1.807) is 6.92 Å². The van der Waals surface area contributed by atoms with E-state index < -0.39 is 5.97 Å². The molecule has 0 aliphatic rings. The molecule has 0 aliphatic carbocycles. The monoisotopic (exact) mass is 340 g/mol. The lowest BCUT2D eigenvalue weighted by molar-refractivity contribution is 0.0452. The summed E-state index contributed by atoms with van der Waals surface area (Å²) in [6.07, 6.45) is 1.39. The Morgan fingerprint density at radius 1 is 1.38 bits per heavy atom. The number of carbonyl (C=O) groups is 1. The lowest BCUT2D eigenvalue weighted by atomic mass is 10.2. The molecule has 1 aromatic carbocycles. The number of carbonyl (C=O) groups excluding carboxylic acids is 1. The number of nitrogens with one attached hydrogen (secondary N) is 1. The number of thiazole rings is 1. The summed E-state index contributed by atoms with van der Waals surface area (Å²) in [4.78, 5) is 21.1. The minimum absolute atomic E-state index is 0.0719. The maximum atomic E-state index is 12.3. The number of esters is 1. The molecule has 0 radical (unpaired) electrons. The van der Waals surface area contributed by atoms with Crippen molar-refractivity contribution in [3.05, 3.63) is 53.0 Å². The Bertz CT molecular complexity index is 971. The number of hydrogen-bond acceptors (Lipinski definition) is 7. The number of H-pyrrole nitrogens is 1. The van der Waals surface area contributed by atoms with Crippen molar-refractivity contribution in [1.82, 2.24) is 20.2 Å². The number of hydrogen-bond donors (Lipinski definition) is 1. The van der Waals surface area contributed by atoms with Gasteiger partial charge in [0, 0.05) is 5.39 Å². The molecule has 4 aromatic rings. The van der Waals surface area contributed by atoms with Gasteiger partial charge >= 0.3 is 5.97 Å². The Labute approximate surface area is 140 Å². The first-order chi connectivity index (χ1) is 11.7. The highest BCUT2D eigenvalue weighted by Crippen LogP contribution is 2.26. The van der Waals surface area contributed by atoms with E-state index in [9.17, 15) is 4.79 Å². The zero-order valence-corrected chi connectivity index (χ0v) is 13.5. The molecule has 0 bridgehead atoms. The summed E-state index contributed by atoms with van der Waals surface area (Å²) in [7, 11) is 0. The van der Waals surface area contributed by atoms with E-state index in [2.05, 4.69) is 20.2 Å². The van der Waals surface area contributed by atoms with Gasteiger partial charge in [-0.15, -0.1) is 11.3 Å². The van der Waals surface area contributed by atoms with Crippen LogP contribution in [0.3, 0.4) is 0 Å². The molecule has 4 rings (SSSR count). The van der Waals surface area contributed by atoms with Crippen molar-refractivity contribution in [3.63, 3.8) is 0 Å². The SMILES string of the molecule is Cc1nc(-c2ncn[nH]2)sc1C(=O)OCc1cc2ccccc2o1. The highest BCUT2D eigenvalue weighted by atomic mass is 32.1. The zero-order chi connectivity index (χ0) is 16.5. The summed E-state index contributed by atoms with van der Waals surface area (Å²) in [5, 5.41) is 8.08. The molecule has 0 unspecified atom stereocenters. The Kier molecular flexibility index (Phi) is 3.58. The minimum atomic E-state index is -0.434. The van der Waals surface area contributed by atoms with E-state index in [4.69, 9.17) is 9.15 Å². The molecule has 0 saturated carbocycles. The highest BCUT2D eigenvalue weighted by Gasteiger charge is 2.19. The van der Waals surface area contributed by atoms with Gasteiger partial charge in [-0.3, -0.25) is 5.10 Å². The summed E-state index contributed by atoms with van der Waals surface area (Å²) in [6, 6.07) is 9.51. The average Bonchev–Trinajstić information content (AvgIpc) is 3.31. The maximum absolute atomic E-state index is 12.3. The molecule has 3 aromatic heterocycles. The number of para-hydroxylation sites is 1. The van der Waals surface area contributed by atoms with Crippen LogP contribution in [-0.2, 0) is 11.3 Å². The van der Waals surface area contributed by atoms with E-state index in [0.29, 0.717) is 27.2 Å². The molecule has 24 heavy (non-hydrogen) atoms. The molecule has 3 heterocycles. The van der Waals surface area contributed by atoms with Crippen LogP contribution in [0.15, 0.2) is 41.1 Å². The van der Waals surface area contributed by atoms with Crippen LogP contribution in [0, 0.1) is 6.92 Å². The van der Waals surface area contributed by atoms with Crippen molar-refractivity contribution in [1.29, 1.82) is 0 Å². The molecule has 0 spiro atoms. The summed E-state index contributed by atoms with van der Waals surface area (Å²) in [5.41, 5.74) is 1.37. The third-order valence-electron chi connectivity index (χ3n) is 3.42. The van der Waals surface area contributed by atoms with Crippen LogP contribution in [0.5, 0.6) is 0 Å². The van der Waals surface area contributed by atoms with Crippen molar-refractivity contribution < 1.29 is 13.9 Å². The van der Waals surface area contributed by atoms with Gasteiger partial charge in [-0.1, -0.05) is 18.2 Å². The molecule has 7 nitrogen and oxygen atoms in total. The number of rotatable bonds is 4.